The fourth-order valence-corrected chi connectivity index (χ4v) is 2.19. The van der Waals surface area contributed by atoms with Gasteiger partial charge in [0.05, 0.1) is 0 Å². The van der Waals surface area contributed by atoms with Gasteiger partial charge in [-0.2, -0.15) is 5.10 Å². The van der Waals surface area contributed by atoms with E-state index in [1.54, 1.807) is 18.3 Å². The standard InChI is InChI=1S/C13H16Cl2N2O/c1-3-4-10(8-16-17-9(2)18)12-6-5-11(14)7-13(12)15/h5-8,10H,3-4H2,1-2H3,(H,17,18)/b16-8+. The highest BCUT2D eigenvalue weighted by Gasteiger charge is 2.12. The SMILES string of the molecule is CCCC(/C=N/NC(C)=O)c1ccc(Cl)cc1Cl. The summed E-state index contributed by atoms with van der Waals surface area (Å²) in [5.41, 5.74) is 3.37. The van der Waals surface area contributed by atoms with Crippen molar-refractivity contribution < 1.29 is 4.79 Å². The van der Waals surface area contributed by atoms with Crippen molar-refractivity contribution in [3.8, 4) is 0 Å². The quantitative estimate of drug-likeness (QED) is 0.645. The molecule has 0 heterocycles. The minimum atomic E-state index is -0.191. The Kier molecular flexibility index (Phi) is 6.16. The Morgan fingerprint density at radius 3 is 2.78 bits per heavy atom. The molecule has 0 aliphatic rings. The molecule has 1 atom stereocenters. The molecule has 1 amide bonds. The van der Waals surface area contributed by atoms with Gasteiger partial charge < -0.3 is 0 Å². The van der Waals surface area contributed by atoms with E-state index < -0.39 is 0 Å². The molecule has 1 unspecified atom stereocenters. The van der Waals surface area contributed by atoms with Crippen LogP contribution in [0, 0.1) is 0 Å². The van der Waals surface area contributed by atoms with Crippen molar-refractivity contribution in [1.82, 2.24) is 5.43 Å². The summed E-state index contributed by atoms with van der Waals surface area (Å²) in [6.45, 7) is 3.50. The van der Waals surface area contributed by atoms with Crippen LogP contribution >= 0.6 is 23.2 Å². The Balaban J connectivity index is 2.89. The van der Waals surface area contributed by atoms with Crippen LogP contribution < -0.4 is 5.43 Å². The molecule has 0 saturated heterocycles. The summed E-state index contributed by atoms with van der Waals surface area (Å²) in [5.74, 6) is -0.115. The van der Waals surface area contributed by atoms with Gasteiger partial charge in [-0.05, 0) is 24.1 Å². The van der Waals surface area contributed by atoms with E-state index in [1.807, 2.05) is 6.07 Å². The number of benzene rings is 1. The Morgan fingerprint density at radius 2 is 2.22 bits per heavy atom. The van der Waals surface area contributed by atoms with Gasteiger partial charge in [0, 0.05) is 29.1 Å². The van der Waals surface area contributed by atoms with Gasteiger partial charge in [-0.15, -0.1) is 0 Å². The van der Waals surface area contributed by atoms with E-state index in [2.05, 4.69) is 17.5 Å². The van der Waals surface area contributed by atoms with Crippen LogP contribution in [-0.4, -0.2) is 12.1 Å². The number of halogens is 2. The molecule has 1 aromatic rings. The van der Waals surface area contributed by atoms with Crippen LogP contribution in [-0.2, 0) is 4.79 Å². The van der Waals surface area contributed by atoms with E-state index in [0.717, 1.165) is 18.4 Å². The second-order valence-corrected chi connectivity index (χ2v) is 4.85. The number of nitrogens with one attached hydrogen (secondary N) is 1. The summed E-state index contributed by atoms with van der Waals surface area (Å²) >= 11 is 12.0. The van der Waals surface area contributed by atoms with Gasteiger partial charge in [-0.1, -0.05) is 42.6 Å². The smallest absolute Gasteiger partial charge is 0.236 e. The summed E-state index contributed by atoms with van der Waals surface area (Å²) in [6, 6.07) is 5.41. The van der Waals surface area contributed by atoms with Gasteiger partial charge in [0.2, 0.25) is 5.91 Å². The second-order valence-electron chi connectivity index (χ2n) is 4.01. The molecule has 0 aromatic heterocycles. The summed E-state index contributed by atoms with van der Waals surface area (Å²) in [7, 11) is 0. The third kappa shape index (κ3) is 4.67. The largest absolute Gasteiger partial charge is 0.274 e. The first-order valence-corrected chi connectivity index (χ1v) is 6.55. The lowest BCUT2D eigenvalue weighted by Crippen LogP contribution is -2.14. The molecule has 0 aliphatic carbocycles. The number of rotatable bonds is 5. The van der Waals surface area contributed by atoms with E-state index in [9.17, 15) is 4.79 Å². The first-order chi connectivity index (χ1) is 8.54. The van der Waals surface area contributed by atoms with Crippen LogP contribution in [0.4, 0.5) is 0 Å². The summed E-state index contributed by atoms with van der Waals surface area (Å²) in [4.78, 5) is 10.8. The number of amides is 1. The number of hydrogen-bond donors (Lipinski definition) is 1. The van der Waals surface area contributed by atoms with E-state index >= 15 is 0 Å². The average Bonchev–Trinajstić information content (AvgIpc) is 2.28. The molecule has 0 aliphatic heterocycles. The predicted molar refractivity (Wildman–Crippen MR) is 76.4 cm³/mol. The molecule has 5 heteroatoms. The number of hydrogen-bond acceptors (Lipinski definition) is 2. The van der Waals surface area contributed by atoms with E-state index in [-0.39, 0.29) is 11.8 Å². The molecule has 0 bridgehead atoms. The number of hydrazone groups is 1. The number of carbonyl (C=O) groups is 1. The molecular formula is C13H16Cl2N2O. The molecule has 1 N–H and O–H groups in total. The maximum atomic E-state index is 10.8. The normalized spacial score (nSPS) is 12.7. The molecule has 1 aromatic carbocycles. The molecule has 0 fully saturated rings. The van der Waals surface area contributed by atoms with E-state index in [0.29, 0.717) is 10.0 Å². The Morgan fingerprint density at radius 1 is 1.50 bits per heavy atom. The van der Waals surface area contributed by atoms with Crippen molar-refractivity contribution in [2.75, 3.05) is 0 Å². The van der Waals surface area contributed by atoms with Gasteiger partial charge in [-0.25, -0.2) is 5.43 Å². The first-order valence-electron chi connectivity index (χ1n) is 5.79. The van der Waals surface area contributed by atoms with Crippen molar-refractivity contribution in [2.45, 2.75) is 32.6 Å². The van der Waals surface area contributed by atoms with Gasteiger partial charge in [0.1, 0.15) is 0 Å². The van der Waals surface area contributed by atoms with E-state index in [4.69, 9.17) is 23.2 Å². The molecule has 1 rings (SSSR count). The predicted octanol–water partition coefficient (Wildman–Crippen LogP) is 4.00. The first kappa shape index (κ1) is 15.0. The fraction of sp³-hybridized carbons (Fsp3) is 0.385. The Bertz CT molecular complexity index is 447. The topological polar surface area (TPSA) is 41.5 Å². The maximum Gasteiger partial charge on any atom is 0.236 e. The molecule has 0 radical (unpaired) electrons. The van der Waals surface area contributed by atoms with Crippen LogP contribution in [0.2, 0.25) is 10.0 Å². The van der Waals surface area contributed by atoms with Gasteiger partial charge >= 0.3 is 0 Å². The zero-order valence-corrected chi connectivity index (χ0v) is 11.9. The monoisotopic (exact) mass is 286 g/mol. The van der Waals surface area contributed by atoms with Gasteiger partial charge in [0.15, 0.2) is 0 Å². The van der Waals surface area contributed by atoms with Crippen molar-refractivity contribution in [3.05, 3.63) is 33.8 Å². The minimum absolute atomic E-state index is 0.0756. The zero-order valence-electron chi connectivity index (χ0n) is 10.4. The molecule has 0 spiro atoms. The van der Waals surface area contributed by atoms with Crippen LogP contribution in [0.3, 0.4) is 0 Å². The third-order valence-electron chi connectivity index (χ3n) is 2.44. The highest BCUT2D eigenvalue weighted by atomic mass is 35.5. The van der Waals surface area contributed by atoms with Crippen LogP contribution in [0.5, 0.6) is 0 Å². The van der Waals surface area contributed by atoms with Crippen molar-refractivity contribution in [3.63, 3.8) is 0 Å². The highest BCUT2D eigenvalue weighted by molar-refractivity contribution is 6.35. The fourth-order valence-electron chi connectivity index (χ4n) is 1.64. The highest BCUT2D eigenvalue weighted by Crippen LogP contribution is 2.29. The Hall–Kier alpha value is -1.06. The molecule has 0 saturated carbocycles. The number of nitrogens with zero attached hydrogens (tertiary/aromatic N) is 1. The van der Waals surface area contributed by atoms with Gasteiger partial charge in [0.25, 0.3) is 0 Å². The van der Waals surface area contributed by atoms with Gasteiger partial charge in [-0.3, -0.25) is 4.79 Å². The van der Waals surface area contributed by atoms with Crippen LogP contribution in [0.15, 0.2) is 23.3 Å². The van der Waals surface area contributed by atoms with Crippen molar-refractivity contribution in [2.24, 2.45) is 5.10 Å². The zero-order chi connectivity index (χ0) is 13.5. The Labute approximate surface area is 117 Å². The van der Waals surface area contributed by atoms with Crippen molar-refractivity contribution in [1.29, 1.82) is 0 Å². The van der Waals surface area contributed by atoms with E-state index in [1.165, 1.54) is 6.92 Å². The number of carbonyl (C=O) groups excluding carboxylic acids is 1. The minimum Gasteiger partial charge on any atom is -0.274 e. The van der Waals surface area contributed by atoms with Crippen molar-refractivity contribution >= 4 is 35.3 Å². The third-order valence-corrected chi connectivity index (χ3v) is 3.00. The lowest BCUT2D eigenvalue weighted by atomic mass is 9.96. The molecule has 3 nitrogen and oxygen atoms in total. The lowest BCUT2D eigenvalue weighted by molar-refractivity contribution is -0.118. The maximum absolute atomic E-state index is 10.8. The molecule has 98 valence electrons. The molecular weight excluding hydrogens is 271 g/mol. The summed E-state index contributed by atoms with van der Waals surface area (Å²) in [5, 5.41) is 5.14. The van der Waals surface area contributed by atoms with Crippen LogP contribution in [0.1, 0.15) is 38.2 Å². The summed E-state index contributed by atoms with van der Waals surface area (Å²) in [6.07, 6.45) is 3.61. The second kappa shape index (κ2) is 7.39. The summed E-state index contributed by atoms with van der Waals surface area (Å²) < 4.78 is 0. The van der Waals surface area contributed by atoms with Crippen LogP contribution in [0.25, 0.3) is 0 Å². The lowest BCUT2D eigenvalue weighted by Gasteiger charge is -2.13. The average molecular weight is 287 g/mol. The molecule has 18 heavy (non-hydrogen) atoms.